The number of nitrogens with zero attached hydrogens (tertiary/aromatic N) is 6. The summed E-state index contributed by atoms with van der Waals surface area (Å²) >= 11 is 1.49. The molecule has 0 aliphatic carbocycles. The number of hydrogen-bond acceptors (Lipinski definition) is 7. The molecule has 0 amide bonds. The lowest BCUT2D eigenvalue weighted by molar-refractivity contribution is 0.570. The van der Waals surface area contributed by atoms with Crippen molar-refractivity contribution in [3.8, 4) is 11.3 Å². The van der Waals surface area contributed by atoms with Gasteiger partial charge < -0.3 is 10.6 Å². The van der Waals surface area contributed by atoms with Crippen LogP contribution in [0.5, 0.6) is 0 Å². The Morgan fingerprint density at radius 3 is 2.88 bits per heavy atom. The third-order valence-corrected chi connectivity index (χ3v) is 8.73. The Morgan fingerprint density at radius 2 is 2.18 bits per heavy atom. The van der Waals surface area contributed by atoms with E-state index in [-0.39, 0.29) is 0 Å². The van der Waals surface area contributed by atoms with E-state index in [0.29, 0.717) is 11.7 Å². The molecule has 2 N–H and O–H groups in total. The van der Waals surface area contributed by atoms with Crippen molar-refractivity contribution in [2.45, 2.75) is 24.0 Å². The van der Waals surface area contributed by atoms with Gasteiger partial charge in [-0.05, 0) is 64.5 Å². The quantitative estimate of drug-likeness (QED) is 0.419. The van der Waals surface area contributed by atoms with Crippen molar-refractivity contribution in [1.29, 1.82) is 0 Å². The average Bonchev–Trinajstić information content (AvgIpc) is 3.55. The van der Waals surface area contributed by atoms with Crippen LogP contribution in [0.3, 0.4) is 0 Å². The van der Waals surface area contributed by atoms with Crippen LogP contribution in [0, 0.1) is 12.8 Å². The molecule has 1 saturated heterocycles. The van der Waals surface area contributed by atoms with E-state index in [0.717, 1.165) is 63.3 Å². The molecule has 0 bridgehead atoms. The summed E-state index contributed by atoms with van der Waals surface area (Å²) in [6.07, 6.45) is 9.87. The molecule has 5 rings (SSSR count). The molecule has 33 heavy (non-hydrogen) atoms. The number of imidazole rings is 1. The van der Waals surface area contributed by atoms with Gasteiger partial charge in [0.1, 0.15) is 15.2 Å². The molecule has 4 aromatic heterocycles. The van der Waals surface area contributed by atoms with Crippen LogP contribution in [0.4, 0.5) is 10.8 Å². The zero-order valence-electron chi connectivity index (χ0n) is 19.2. The van der Waals surface area contributed by atoms with Crippen molar-refractivity contribution in [3.05, 3.63) is 42.1 Å². The minimum atomic E-state index is -1.18. The van der Waals surface area contributed by atoms with Crippen LogP contribution in [-0.4, -0.2) is 59.8 Å². The monoisotopic (exact) mass is 484 g/mol. The van der Waals surface area contributed by atoms with Gasteiger partial charge in [-0.1, -0.05) is 0 Å². The second-order valence-electron chi connectivity index (χ2n) is 8.65. The van der Waals surface area contributed by atoms with E-state index in [1.54, 1.807) is 8.99 Å². The zero-order valence-corrected chi connectivity index (χ0v) is 20.8. The van der Waals surface area contributed by atoms with Crippen LogP contribution in [0.2, 0.25) is 0 Å². The summed E-state index contributed by atoms with van der Waals surface area (Å²) in [5.41, 5.74) is 4.76. The van der Waals surface area contributed by atoms with E-state index < -0.39 is 11.0 Å². The Labute approximate surface area is 199 Å². The highest BCUT2D eigenvalue weighted by Gasteiger charge is 2.20. The summed E-state index contributed by atoms with van der Waals surface area (Å²) < 4.78 is 19.1. The first-order chi connectivity index (χ1) is 15.9. The number of hydrogen-bond donors (Lipinski definition) is 2. The van der Waals surface area contributed by atoms with E-state index >= 15 is 0 Å². The van der Waals surface area contributed by atoms with Crippen LogP contribution in [0.1, 0.15) is 17.7 Å². The number of rotatable bonds is 7. The lowest BCUT2D eigenvalue weighted by Crippen LogP contribution is -2.14. The highest BCUT2D eigenvalue weighted by molar-refractivity contribution is 7.85. The number of nitrogens with one attached hydrogen (secondary N) is 2. The molecule has 4 aromatic rings. The standard InChI is InChI=1S/C22H28N8OS2/c1-14-7-19(32-22(14)33(31)28(2)3)27-20-21-24-11-18(16-10-25-29(4)12-16)30(21)13-17(26-20)8-15-5-6-23-9-15/h7,10-13,15,23H,5-6,8-9H2,1-4H3,(H,26,27). The highest BCUT2D eigenvalue weighted by atomic mass is 32.2. The van der Waals surface area contributed by atoms with E-state index in [1.807, 2.05) is 52.7 Å². The summed E-state index contributed by atoms with van der Waals surface area (Å²) in [6.45, 7) is 4.07. The summed E-state index contributed by atoms with van der Waals surface area (Å²) in [5, 5.41) is 12.1. The number of aromatic nitrogens is 5. The van der Waals surface area contributed by atoms with Gasteiger partial charge in [0.05, 0.1) is 28.8 Å². The molecule has 2 unspecified atom stereocenters. The maximum Gasteiger partial charge on any atom is 0.180 e. The Kier molecular flexibility index (Phi) is 6.04. The molecule has 1 fully saturated rings. The van der Waals surface area contributed by atoms with Crippen molar-refractivity contribution >= 4 is 38.8 Å². The largest absolute Gasteiger partial charge is 0.329 e. The molecule has 2 atom stereocenters. The fourth-order valence-corrected chi connectivity index (χ4v) is 6.63. The normalized spacial score (nSPS) is 17.3. The highest BCUT2D eigenvalue weighted by Crippen LogP contribution is 2.34. The van der Waals surface area contributed by atoms with Gasteiger partial charge in [0.2, 0.25) is 0 Å². The van der Waals surface area contributed by atoms with Gasteiger partial charge in [0.15, 0.2) is 11.5 Å². The predicted molar refractivity (Wildman–Crippen MR) is 132 cm³/mol. The van der Waals surface area contributed by atoms with Crippen molar-refractivity contribution in [2.24, 2.45) is 13.0 Å². The van der Waals surface area contributed by atoms with Crippen molar-refractivity contribution in [3.63, 3.8) is 0 Å². The molecule has 11 heteroatoms. The van der Waals surface area contributed by atoms with Gasteiger partial charge >= 0.3 is 0 Å². The Bertz CT molecular complexity index is 1320. The molecule has 0 radical (unpaired) electrons. The van der Waals surface area contributed by atoms with Gasteiger partial charge in [-0.3, -0.25) is 9.08 Å². The molecule has 0 aromatic carbocycles. The second-order valence-corrected chi connectivity index (χ2v) is 11.6. The SMILES string of the molecule is Cc1cc(Nc2nc(CC3CCNC3)cn3c(-c4cnn(C)c4)cnc23)sc1S(=O)N(C)C. The molecule has 9 nitrogen and oxygen atoms in total. The van der Waals surface area contributed by atoms with Crippen LogP contribution in [0.15, 0.2) is 35.1 Å². The van der Waals surface area contributed by atoms with Crippen LogP contribution in [-0.2, 0) is 24.5 Å². The number of aryl methyl sites for hydroxylation is 2. The van der Waals surface area contributed by atoms with Crippen LogP contribution in [0.25, 0.3) is 16.9 Å². The summed E-state index contributed by atoms with van der Waals surface area (Å²) in [7, 11) is 4.37. The van der Waals surface area contributed by atoms with Crippen molar-refractivity contribution < 1.29 is 4.21 Å². The molecule has 1 aliphatic rings. The average molecular weight is 485 g/mol. The molecule has 174 valence electrons. The third kappa shape index (κ3) is 4.45. The summed E-state index contributed by atoms with van der Waals surface area (Å²) in [4.78, 5) is 9.66. The van der Waals surface area contributed by atoms with Gasteiger partial charge in [-0.25, -0.2) is 18.5 Å². The second kappa shape index (κ2) is 8.98. The van der Waals surface area contributed by atoms with Gasteiger partial charge in [-0.2, -0.15) is 5.10 Å². The Hall–Kier alpha value is -2.60. The molecule has 0 spiro atoms. The van der Waals surface area contributed by atoms with Crippen LogP contribution < -0.4 is 10.6 Å². The van der Waals surface area contributed by atoms with E-state index in [9.17, 15) is 4.21 Å². The zero-order chi connectivity index (χ0) is 23.1. The summed E-state index contributed by atoms with van der Waals surface area (Å²) in [6, 6.07) is 2.03. The first-order valence-corrected chi connectivity index (χ1v) is 12.8. The fourth-order valence-electron chi connectivity index (χ4n) is 4.15. The van der Waals surface area contributed by atoms with Crippen molar-refractivity contribution in [2.75, 3.05) is 32.5 Å². The number of anilines is 2. The van der Waals surface area contributed by atoms with Crippen LogP contribution >= 0.6 is 11.3 Å². The Balaban J connectivity index is 1.56. The maximum atomic E-state index is 12.6. The molecule has 1 aliphatic heterocycles. The maximum absolute atomic E-state index is 12.6. The predicted octanol–water partition coefficient (Wildman–Crippen LogP) is 2.98. The lowest BCUT2D eigenvalue weighted by Gasteiger charge is -2.12. The lowest BCUT2D eigenvalue weighted by atomic mass is 10.0. The van der Waals surface area contributed by atoms with Gasteiger partial charge in [0.25, 0.3) is 0 Å². The van der Waals surface area contributed by atoms with Crippen molar-refractivity contribution in [1.82, 2.24) is 33.8 Å². The minimum absolute atomic E-state index is 0.575. The number of fused-ring (bicyclic) bond motifs is 1. The van der Waals surface area contributed by atoms with E-state index in [2.05, 4.69) is 26.3 Å². The first-order valence-electron chi connectivity index (χ1n) is 10.9. The van der Waals surface area contributed by atoms with E-state index in [4.69, 9.17) is 9.97 Å². The molecular weight excluding hydrogens is 456 g/mol. The molecule has 0 saturated carbocycles. The number of thiophene rings is 1. The first kappa shape index (κ1) is 22.2. The third-order valence-electron chi connectivity index (χ3n) is 5.81. The minimum Gasteiger partial charge on any atom is -0.329 e. The fraction of sp³-hybridized carbons (Fsp3) is 0.409. The van der Waals surface area contributed by atoms with Gasteiger partial charge in [0, 0.05) is 25.0 Å². The molecule has 5 heterocycles. The van der Waals surface area contributed by atoms with E-state index in [1.165, 1.54) is 11.3 Å². The smallest absolute Gasteiger partial charge is 0.180 e. The summed E-state index contributed by atoms with van der Waals surface area (Å²) in [5.74, 6) is 1.28. The topological polar surface area (TPSA) is 92.4 Å². The van der Waals surface area contributed by atoms with Gasteiger partial charge in [-0.15, -0.1) is 11.3 Å². The Morgan fingerprint density at radius 1 is 1.33 bits per heavy atom. The molecular formula is C22H28N8OS2.